The molecule has 8 heteroatoms. The summed E-state index contributed by atoms with van der Waals surface area (Å²) in [5.41, 5.74) is 1.96. The lowest BCUT2D eigenvalue weighted by Crippen LogP contribution is -2.43. The first-order valence-electron chi connectivity index (χ1n) is 7.19. The standard InChI is InChI=1S/C16H14Cl2N2O3S/c1-10-13(18)3-2-4-14(10)19-24(22,23)20-15-7-6-12(17)9-11(15)5-8-16(20)21/h2-4,6-7,9,19H,5,8H2,1H3. The Kier molecular flexibility index (Phi) is 4.46. The van der Waals surface area contributed by atoms with Gasteiger partial charge in [0.15, 0.2) is 0 Å². The van der Waals surface area contributed by atoms with Crippen molar-refractivity contribution in [2.45, 2.75) is 19.8 Å². The van der Waals surface area contributed by atoms with E-state index in [-0.39, 0.29) is 6.42 Å². The van der Waals surface area contributed by atoms with Crippen LogP contribution in [0.5, 0.6) is 0 Å². The van der Waals surface area contributed by atoms with Gasteiger partial charge in [-0.05, 0) is 54.8 Å². The Balaban J connectivity index is 2.04. The van der Waals surface area contributed by atoms with Gasteiger partial charge in [0, 0.05) is 16.5 Å². The predicted molar refractivity (Wildman–Crippen MR) is 96.0 cm³/mol. The highest BCUT2D eigenvalue weighted by molar-refractivity contribution is 7.94. The van der Waals surface area contributed by atoms with Crippen molar-refractivity contribution in [3.63, 3.8) is 0 Å². The molecule has 2 aromatic rings. The summed E-state index contributed by atoms with van der Waals surface area (Å²) in [5.74, 6) is -0.489. The van der Waals surface area contributed by atoms with E-state index in [0.29, 0.717) is 33.4 Å². The van der Waals surface area contributed by atoms with Crippen LogP contribution in [-0.4, -0.2) is 14.3 Å². The van der Waals surface area contributed by atoms with Gasteiger partial charge < -0.3 is 0 Å². The van der Waals surface area contributed by atoms with E-state index in [9.17, 15) is 13.2 Å². The summed E-state index contributed by atoms with van der Waals surface area (Å²) in [6, 6.07) is 9.67. The minimum absolute atomic E-state index is 0.1000. The molecule has 1 N–H and O–H groups in total. The minimum atomic E-state index is -4.12. The molecule has 1 aliphatic rings. The second-order valence-electron chi connectivity index (χ2n) is 5.45. The van der Waals surface area contributed by atoms with Gasteiger partial charge in [0.1, 0.15) is 0 Å². The lowest BCUT2D eigenvalue weighted by molar-refractivity contribution is -0.117. The number of hydrogen-bond donors (Lipinski definition) is 1. The fourth-order valence-corrected chi connectivity index (χ4v) is 4.35. The number of fused-ring (bicyclic) bond motifs is 1. The first-order chi connectivity index (χ1) is 11.3. The van der Waals surface area contributed by atoms with Gasteiger partial charge in [-0.15, -0.1) is 0 Å². The quantitative estimate of drug-likeness (QED) is 0.871. The topological polar surface area (TPSA) is 66.5 Å². The number of amides is 1. The Morgan fingerprint density at radius 3 is 2.62 bits per heavy atom. The molecular weight excluding hydrogens is 371 g/mol. The summed E-state index contributed by atoms with van der Waals surface area (Å²) in [6.45, 7) is 1.70. The molecule has 0 saturated carbocycles. The van der Waals surface area contributed by atoms with Gasteiger partial charge in [-0.2, -0.15) is 12.7 Å². The molecule has 0 bridgehead atoms. The zero-order valence-electron chi connectivity index (χ0n) is 12.7. The Bertz CT molecular complexity index is 929. The van der Waals surface area contributed by atoms with Gasteiger partial charge in [0.25, 0.3) is 0 Å². The van der Waals surface area contributed by atoms with Crippen molar-refractivity contribution in [3.05, 3.63) is 57.6 Å². The van der Waals surface area contributed by atoms with Crippen LogP contribution in [0.1, 0.15) is 17.5 Å². The van der Waals surface area contributed by atoms with E-state index >= 15 is 0 Å². The molecule has 0 aromatic heterocycles. The number of hydrogen-bond acceptors (Lipinski definition) is 3. The van der Waals surface area contributed by atoms with Gasteiger partial charge in [-0.1, -0.05) is 29.3 Å². The highest BCUT2D eigenvalue weighted by Crippen LogP contribution is 2.33. The van der Waals surface area contributed by atoms with Gasteiger partial charge in [-0.25, -0.2) is 0 Å². The molecule has 0 atom stereocenters. The average Bonchev–Trinajstić information content (AvgIpc) is 2.51. The largest absolute Gasteiger partial charge is 0.330 e. The third kappa shape index (κ3) is 3.09. The SMILES string of the molecule is Cc1c(Cl)cccc1NS(=O)(=O)N1C(=O)CCc2cc(Cl)ccc21. The Hall–Kier alpha value is -1.76. The summed E-state index contributed by atoms with van der Waals surface area (Å²) in [7, 11) is -4.12. The van der Waals surface area contributed by atoms with Crippen molar-refractivity contribution >= 4 is 50.7 Å². The predicted octanol–water partition coefficient (Wildman–Crippen LogP) is 3.94. The number of benzene rings is 2. The average molecular weight is 385 g/mol. The number of rotatable bonds is 3. The van der Waals surface area contributed by atoms with Crippen LogP contribution in [0.3, 0.4) is 0 Å². The van der Waals surface area contributed by atoms with Gasteiger partial charge in [-0.3, -0.25) is 9.52 Å². The number of carbonyl (C=O) groups is 1. The lowest BCUT2D eigenvalue weighted by Gasteiger charge is -2.29. The van der Waals surface area contributed by atoms with E-state index in [0.717, 1.165) is 9.87 Å². The first kappa shape index (κ1) is 17.1. The molecule has 24 heavy (non-hydrogen) atoms. The Morgan fingerprint density at radius 2 is 1.88 bits per heavy atom. The minimum Gasteiger partial charge on any atom is -0.273 e. The van der Waals surface area contributed by atoms with Crippen LogP contribution >= 0.6 is 23.2 Å². The number of halogens is 2. The Labute approximate surface area is 150 Å². The fourth-order valence-electron chi connectivity index (χ4n) is 2.60. The second-order valence-corrected chi connectivity index (χ2v) is 7.81. The maximum atomic E-state index is 12.8. The van der Waals surface area contributed by atoms with Crippen molar-refractivity contribution in [2.75, 3.05) is 9.03 Å². The van der Waals surface area contributed by atoms with Crippen LogP contribution in [0, 0.1) is 6.92 Å². The van der Waals surface area contributed by atoms with Crippen LogP contribution < -0.4 is 9.03 Å². The summed E-state index contributed by atoms with van der Waals surface area (Å²) in [6.07, 6.45) is 0.555. The van der Waals surface area contributed by atoms with Crippen molar-refractivity contribution in [1.29, 1.82) is 0 Å². The van der Waals surface area contributed by atoms with Gasteiger partial charge in [0.05, 0.1) is 11.4 Å². The van der Waals surface area contributed by atoms with E-state index in [2.05, 4.69) is 4.72 Å². The number of nitrogens with zero attached hydrogens (tertiary/aromatic N) is 1. The van der Waals surface area contributed by atoms with Crippen LogP contribution in [0.25, 0.3) is 0 Å². The molecule has 1 heterocycles. The van der Waals surface area contributed by atoms with Crippen LogP contribution in [-0.2, 0) is 21.4 Å². The maximum Gasteiger partial charge on any atom is 0.330 e. The number of carbonyl (C=O) groups excluding carboxylic acids is 1. The fraction of sp³-hybridized carbons (Fsp3) is 0.188. The van der Waals surface area contributed by atoms with Crippen LogP contribution in [0.2, 0.25) is 10.0 Å². The Morgan fingerprint density at radius 1 is 1.12 bits per heavy atom. The normalized spacial score (nSPS) is 14.5. The van der Waals surface area contributed by atoms with Crippen molar-refractivity contribution < 1.29 is 13.2 Å². The van der Waals surface area contributed by atoms with Crippen LogP contribution in [0.4, 0.5) is 11.4 Å². The molecule has 0 aliphatic carbocycles. The van der Waals surface area contributed by atoms with E-state index in [1.807, 2.05) is 0 Å². The molecule has 0 fully saturated rings. The molecule has 5 nitrogen and oxygen atoms in total. The highest BCUT2D eigenvalue weighted by atomic mass is 35.5. The molecule has 1 amide bonds. The highest BCUT2D eigenvalue weighted by Gasteiger charge is 2.34. The number of aryl methyl sites for hydroxylation is 1. The molecular formula is C16H14Cl2N2O3S. The van der Waals surface area contributed by atoms with Crippen molar-refractivity contribution in [1.82, 2.24) is 0 Å². The molecule has 0 saturated heterocycles. The molecule has 0 spiro atoms. The second kappa shape index (κ2) is 6.27. The third-order valence-corrected chi connectivity index (χ3v) is 5.85. The summed E-state index contributed by atoms with van der Waals surface area (Å²) >= 11 is 12.0. The molecule has 2 aromatic carbocycles. The summed E-state index contributed by atoms with van der Waals surface area (Å²) in [5, 5.41) is 0.937. The lowest BCUT2D eigenvalue weighted by atomic mass is 10.0. The number of anilines is 2. The third-order valence-electron chi connectivity index (χ3n) is 3.84. The van der Waals surface area contributed by atoms with Crippen molar-refractivity contribution in [2.24, 2.45) is 0 Å². The zero-order valence-corrected chi connectivity index (χ0v) is 15.0. The number of nitrogens with one attached hydrogen (secondary N) is 1. The van der Waals surface area contributed by atoms with E-state index in [1.165, 1.54) is 0 Å². The van der Waals surface area contributed by atoms with Crippen LogP contribution in [0.15, 0.2) is 36.4 Å². The van der Waals surface area contributed by atoms with Gasteiger partial charge in [0.2, 0.25) is 5.91 Å². The smallest absolute Gasteiger partial charge is 0.273 e. The molecule has 3 rings (SSSR count). The zero-order chi connectivity index (χ0) is 17.5. The monoisotopic (exact) mass is 384 g/mol. The van der Waals surface area contributed by atoms with E-state index in [4.69, 9.17) is 23.2 Å². The molecule has 126 valence electrons. The van der Waals surface area contributed by atoms with E-state index in [1.54, 1.807) is 43.3 Å². The summed E-state index contributed by atoms with van der Waals surface area (Å²) in [4.78, 5) is 12.3. The first-order valence-corrected chi connectivity index (χ1v) is 9.38. The van der Waals surface area contributed by atoms with E-state index < -0.39 is 16.1 Å². The molecule has 0 radical (unpaired) electrons. The summed E-state index contributed by atoms with van der Waals surface area (Å²) < 4.78 is 28.8. The molecule has 0 unspecified atom stereocenters. The van der Waals surface area contributed by atoms with Crippen molar-refractivity contribution in [3.8, 4) is 0 Å². The van der Waals surface area contributed by atoms with Gasteiger partial charge >= 0.3 is 10.2 Å². The molecule has 1 aliphatic heterocycles. The maximum absolute atomic E-state index is 12.8.